The molecule has 3 atom stereocenters. The van der Waals surface area contributed by atoms with Crippen molar-refractivity contribution in [2.75, 3.05) is 37.7 Å². The van der Waals surface area contributed by atoms with E-state index in [-0.39, 0.29) is 46.5 Å². The van der Waals surface area contributed by atoms with E-state index < -0.39 is 70.7 Å². The van der Waals surface area contributed by atoms with E-state index in [0.717, 1.165) is 29.1 Å². The molecule has 8 N–H and O–H groups in total. The van der Waals surface area contributed by atoms with Gasteiger partial charge in [0, 0.05) is 34.9 Å². The molecule has 0 aliphatic carbocycles. The van der Waals surface area contributed by atoms with Crippen molar-refractivity contribution in [1.82, 2.24) is 25.0 Å². The van der Waals surface area contributed by atoms with Crippen LogP contribution in [0.3, 0.4) is 0 Å². The number of carboxylic acid groups (broad SMARTS) is 3. The zero-order valence-electron chi connectivity index (χ0n) is 27.6. The highest BCUT2D eigenvalue weighted by molar-refractivity contribution is 8.00. The molecule has 2 fully saturated rings. The number of β-lactam (4-membered cyclic amide) rings is 1. The Hall–Kier alpha value is -5.74. The Kier molecular flexibility index (Phi) is 10.3. The Morgan fingerprint density at radius 3 is 2.47 bits per heavy atom. The molecule has 0 bridgehead atoms. The van der Waals surface area contributed by atoms with E-state index in [4.69, 9.17) is 15.7 Å². The van der Waals surface area contributed by atoms with Gasteiger partial charge in [-0.25, -0.2) is 19.3 Å². The van der Waals surface area contributed by atoms with E-state index in [1.54, 1.807) is 0 Å². The van der Waals surface area contributed by atoms with E-state index in [0.29, 0.717) is 35.1 Å². The minimum atomic E-state index is -1.95. The Labute approximate surface area is 306 Å². The Morgan fingerprint density at radius 1 is 1.11 bits per heavy atom. The van der Waals surface area contributed by atoms with Crippen LogP contribution in [0.15, 0.2) is 44.9 Å². The highest BCUT2D eigenvalue weighted by Crippen LogP contribution is 2.41. The molecule has 3 aliphatic heterocycles. The van der Waals surface area contributed by atoms with Crippen LogP contribution in [-0.4, -0.2) is 135 Å². The van der Waals surface area contributed by atoms with Crippen molar-refractivity contribution in [3.63, 3.8) is 0 Å². The van der Waals surface area contributed by atoms with Crippen LogP contribution in [0.2, 0.25) is 0 Å². The fourth-order valence-corrected chi connectivity index (χ4v) is 8.49. The summed E-state index contributed by atoms with van der Waals surface area (Å²) in [7, 11) is 0. The molecule has 3 aliphatic rings. The van der Waals surface area contributed by atoms with E-state index >= 15 is 0 Å². The number of likely N-dealkylation sites (tertiary alicyclic amines) is 1. The number of aromatic nitrogens is 3. The van der Waals surface area contributed by atoms with Gasteiger partial charge in [0.2, 0.25) is 6.10 Å². The minimum Gasteiger partial charge on any atom is -0.504 e. The van der Waals surface area contributed by atoms with E-state index in [1.165, 1.54) is 40.2 Å². The van der Waals surface area contributed by atoms with Gasteiger partial charge in [-0.2, -0.15) is 5.10 Å². The number of hydrogen-bond donors (Lipinski definition) is 7. The normalized spacial score (nSPS) is 20.1. The van der Waals surface area contributed by atoms with Crippen LogP contribution in [0.4, 0.5) is 5.13 Å². The standard InChI is InChI=1S/C31H32N8O12S2/c32-31-34-17(13-53-31)22(36-51-20(29(47)48)9-21(42)43)25(44)35-23-27(46)38-24(30(49)50)15(12-52-28(23)38)11-39(4-1-2-5-39)6-3-37-26(45)16-8-19(41)18(40)7-14(16)10-33-37/h7-8,10,13,20,23,28H,1-6,9,11-12H2,(H7-,32,33,34,35,36,40,41,42,43,44,45,47,48,49,50)/p+1/t20-,23+,28+/m0/s1. The summed E-state index contributed by atoms with van der Waals surface area (Å²) in [5.74, 6) is -6.82. The number of benzene rings is 1. The fraction of sp³-hybridized carbons (Fsp3) is 0.387. The lowest BCUT2D eigenvalue weighted by Gasteiger charge is -2.50. The molecule has 0 saturated carbocycles. The molecule has 6 rings (SSSR count). The first-order chi connectivity index (χ1) is 25.2. The van der Waals surface area contributed by atoms with Gasteiger partial charge in [0.15, 0.2) is 22.3 Å². The third-order valence-electron chi connectivity index (χ3n) is 9.20. The molecule has 0 unspecified atom stereocenters. The van der Waals surface area contributed by atoms with Crippen LogP contribution in [0, 0.1) is 0 Å². The molecule has 20 nitrogen and oxygen atoms in total. The molecule has 5 heterocycles. The van der Waals surface area contributed by atoms with Crippen molar-refractivity contribution >= 4 is 74.4 Å². The molecule has 0 radical (unpaired) electrons. The summed E-state index contributed by atoms with van der Waals surface area (Å²) in [6, 6.07) is 1.22. The van der Waals surface area contributed by atoms with Gasteiger partial charge in [0.25, 0.3) is 17.4 Å². The molecule has 1 aromatic carbocycles. The lowest BCUT2D eigenvalue weighted by atomic mass is 10.0. The quantitative estimate of drug-likeness (QED) is 0.0359. The summed E-state index contributed by atoms with van der Waals surface area (Å²) in [5, 5.41) is 59.8. The number of fused-ring (bicyclic) bond motifs is 2. The summed E-state index contributed by atoms with van der Waals surface area (Å²) in [6.45, 7) is 2.25. The largest absolute Gasteiger partial charge is 0.504 e. The molecular weight excluding hydrogens is 741 g/mol. The van der Waals surface area contributed by atoms with Crippen molar-refractivity contribution in [1.29, 1.82) is 0 Å². The van der Waals surface area contributed by atoms with Gasteiger partial charge in [-0.15, -0.1) is 23.1 Å². The first kappa shape index (κ1) is 37.0. The number of phenolic OH excluding ortho intramolecular Hbond substituents is 2. The molecule has 2 aromatic heterocycles. The number of amides is 2. The van der Waals surface area contributed by atoms with Crippen LogP contribution < -0.4 is 16.6 Å². The average molecular weight is 774 g/mol. The number of anilines is 1. The number of nitrogens with two attached hydrogens (primary N) is 1. The predicted octanol–water partition coefficient (Wildman–Crippen LogP) is -0.456. The van der Waals surface area contributed by atoms with Gasteiger partial charge in [-0.1, -0.05) is 5.16 Å². The topological polar surface area (TPSA) is 297 Å². The second-order valence-corrected chi connectivity index (χ2v) is 14.6. The zero-order chi connectivity index (χ0) is 38.2. The molecule has 2 amide bonds. The number of nitrogens with zero attached hydrogens (tertiary/aromatic N) is 6. The first-order valence-corrected chi connectivity index (χ1v) is 18.0. The molecule has 2 saturated heterocycles. The van der Waals surface area contributed by atoms with Crippen LogP contribution in [0.25, 0.3) is 10.8 Å². The number of nitrogen functional groups attached to an aromatic ring is 1. The third kappa shape index (κ3) is 7.45. The van der Waals surface area contributed by atoms with Crippen molar-refractivity contribution in [3.8, 4) is 11.5 Å². The summed E-state index contributed by atoms with van der Waals surface area (Å²) in [5.41, 5.74) is 4.83. The van der Waals surface area contributed by atoms with E-state index in [2.05, 4.69) is 20.6 Å². The number of carboxylic acids is 3. The SMILES string of the molecule is Nc1nc(/C(=N/O[C@@H](CC(=O)O)C(=O)O)C(=O)N[C@@H]2C(=O)N3C(C(=O)O)=C(C[N+]4(CCn5ncc6cc(O)c(O)cc6c5=O)CCCC4)CS[C@H]23)cs1. The van der Waals surface area contributed by atoms with Gasteiger partial charge in [-0.3, -0.25) is 24.1 Å². The van der Waals surface area contributed by atoms with Crippen molar-refractivity contribution < 1.29 is 58.8 Å². The highest BCUT2D eigenvalue weighted by atomic mass is 32.2. The Bertz CT molecular complexity index is 2140. The summed E-state index contributed by atoms with van der Waals surface area (Å²) in [6.07, 6.45) is 0.219. The van der Waals surface area contributed by atoms with Crippen LogP contribution in [-0.2, 0) is 35.4 Å². The van der Waals surface area contributed by atoms with Crippen molar-refractivity contribution in [2.45, 2.75) is 43.3 Å². The second-order valence-electron chi connectivity index (χ2n) is 12.6. The molecule has 22 heteroatoms. The molecule has 3 aromatic rings. The second kappa shape index (κ2) is 14.7. The van der Waals surface area contributed by atoms with E-state index in [1.807, 2.05) is 0 Å². The number of quaternary nitrogens is 1. The number of aliphatic carboxylic acids is 3. The molecule has 280 valence electrons. The van der Waals surface area contributed by atoms with E-state index in [9.17, 15) is 49.2 Å². The maximum Gasteiger partial charge on any atom is 0.352 e. The number of rotatable bonds is 14. The fourth-order valence-electron chi connectivity index (χ4n) is 6.61. The lowest BCUT2D eigenvalue weighted by molar-refractivity contribution is -0.913. The van der Waals surface area contributed by atoms with Crippen LogP contribution in [0.1, 0.15) is 25.0 Å². The monoisotopic (exact) mass is 773 g/mol. The van der Waals surface area contributed by atoms with Gasteiger partial charge < -0.3 is 45.9 Å². The number of carbonyl (C=O) groups is 5. The summed E-state index contributed by atoms with van der Waals surface area (Å²) >= 11 is 2.17. The van der Waals surface area contributed by atoms with Gasteiger partial charge >= 0.3 is 17.9 Å². The number of thiazole rings is 1. The highest BCUT2D eigenvalue weighted by Gasteiger charge is 2.55. The van der Waals surface area contributed by atoms with Gasteiger partial charge in [0.1, 0.15) is 29.4 Å². The minimum absolute atomic E-state index is 0.0266. The number of phenols is 2. The molecule has 0 spiro atoms. The summed E-state index contributed by atoms with van der Waals surface area (Å²) < 4.78 is 1.69. The zero-order valence-corrected chi connectivity index (χ0v) is 29.2. The van der Waals surface area contributed by atoms with Crippen molar-refractivity contribution in [3.05, 3.63) is 51.0 Å². The lowest BCUT2D eigenvalue weighted by Crippen LogP contribution is -2.71. The number of thioether (sulfide) groups is 1. The average Bonchev–Trinajstić information content (AvgIpc) is 3.75. The number of aromatic hydroxyl groups is 2. The van der Waals surface area contributed by atoms with Gasteiger partial charge in [-0.05, 0) is 12.1 Å². The maximum atomic E-state index is 13.5. The summed E-state index contributed by atoms with van der Waals surface area (Å²) in [4.78, 5) is 85.3. The molecule has 53 heavy (non-hydrogen) atoms. The number of hydrogen-bond acceptors (Lipinski definition) is 15. The van der Waals surface area contributed by atoms with Gasteiger partial charge in [0.05, 0.1) is 44.2 Å². The molecular formula is C31H33N8O12S2+. The van der Waals surface area contributed by atoms with Crippen LogP contribution in [0.5, 0.6) is 11.5 Å². The number of carbonyl (C=O) groups excluding carboxylic acids is 2. The number of nitrogens with one attached hydrogen (secondary N) is 1. The first-order valence-electron chi connectivity index (χ1n) is 16.1. The smallest absolute Gasteiger partial charge is 0.352 e. The Morgan fingerprint density at radius 2 is 1.83 bits per heavy atom. The Balaban J connectivity index is 1.20. The maximum absolute atomic E-state index is 13.5. The predicted molar refractivity (Wildman–Crippen MR) is 186 cm³/mol. The third-order valence-corrected chi connectivity index (χ3v) is 11.2. The van der Waals surface area contributed by atoms with Crippen molar-refractivity contribution in [2.24, 2.45) is 5.16 Å². The van der Waals surface area contributed by atoms with Crippen LogP contribution >= 0.6 is 23.1 Å². The number of oxime groups is 1.